The lowest BCUT2D eigenvalue weighted by molar-refractivity contribution is -0.143. The zero-order chi connectivity index (χ0) is 30.5. The van der Waals surface area contributed by atoms with Crippen LogP contribution in [0.1, 0.15) is 63.1 Å². The standard InChI is InChI=1S/C35H46FNO4S/c1-6-32(36)29(13-14-33(38)40-7-2)12-11-27(5)37-18-15-28-9-8-10-30(23-28)34-25(3)21-31(22-26(34)4)41-24-35(39)16-19-42-20-17-35/h6,8-12,21-23,37,39H,7,13-20,24H2,1-5H3/b27-11+,29-12-,32-6+. The lowest BCUT2D eigenvalue weighted by atomic mass is 9.93. The molecule has 0 amide bonds. The number of hydrogen-bond acceptors (Lipinski definition) is 6. The van der Waals surface area contributed by atoms with Gasteiger partial charge in [-0.05, 0) is 123 Å². The molecule has 1 fully saturated rings. The van der Waals surface area contributed by atoms with Crippen molar-refractivity contribution in [3.05, 3.63) is 88.4 Å². The maximum absolute atomic E-state index is 14.3. The number of esters is 1. The van der Waals surface area contributed by atoms with Gasteiger partial charge in [0.1, 0.15) is 23.8 Å². The van der Waals surface area contributed by atoms with Crippen LogP contribution < -0.4 is 10.1 Å². The molecule has 5 nitrogen and oxygen atoms in total. The number of hydrogen-bond donors (Lipinski definition) is 2. The van der Waals surface area contributed by atoms with E-state index < -0.39 is 5.60 Å². The summed E-state index contributed by atoms with van der Waals surface area (Å²) in [5, 5.41) is 14.2. The Balaban J connectivity index is 1.60. The second-order valence-corrected chi connectivity index (χ2v) is 12.1. The zero-order valence-electron chi connectivity index (χ0n) is 25.7. The predicted octanol–water partition coefficient (Wildman–Crippen LogP) is 7.79. The van der Waals surface area contributed by atoms with Crippen LogP contribution in [0.3, 0.4) is 0 Å². The molecule has 1 heterocycles. The van der Waals surface area contributed by atoms with Gasteiger partial charge >= 0.3 is 5.97 Å². The largest absolute Gasteiger partial charge is 0.491 e. The fourth-order valence-electron chi connectivity index (χ4n) is 5.08. The van der Waals surface area contributed by atoms with Crippen molar-refractivity contribution in [2.45, 2.75) is 72.3 Å². The molecule has 3 rings (SSSR count). The number of thioether (sulfide) groups is 1. The van der Waals surface area contributed by atoms with E-state index in [-0.39, 0.29) is 18.2 Å². The molecule has 7 heteroatoms. The molecule has 0 unspecified atom stereocenters. The van der Waals surface area contributed by atoms with Crippen molar-refractivity contribution >= 4 is 17.7 Å². The normalized spacial score (nSPS) is 15.8. The Kier molecular flexibility index (Phi) is 13.2. The van der Waals surface area contributed by atoms with E-state index in [1.54, 1.807) is 19.9 Å². The van der Waals surface area contributed by atoms with E-state index in [0.717, 1.165) is 59.9 Å². The topological polar surface area (TPSA) is 67.8 Å². The van der Waals surface area contributed by atoms with Crippen molar-refractivity contribution in [1.29, 1.82) is 0 Å². The summed E-state index contributed by atoms with van der Waals surface area (Å²) in [6, 6.07) is 12.7. The van der Waals surface area contributed by atoms with Crippen LogP contribution in [0.2, 0.25) is 0 Å². The molecular weight excluding hydrogens is 549 g/mol. The van der Waals surface area contributed by atoms with Crippen LogP contribution in [-0.2, 0) is 16.0 Å². The second-order valence-electron chi connectivity index (χ2n) is 10.9. The minimum absolute atomic E-state index is 0.148. The van der Waals surface area contributed by atoms with Gasteiger partial charge in [0.25, 0.3) is 0 Å². The lowest BCUT2D eigenvalue weighted by Gasteiger charge is -2.31. The van der Waals surface area contributed by atoms with Crippen LogP contribution in [0.5, 0.6) is 5.75 Å². The smallest absolute Gasteiger partial charge is 0.306 e. The second kappa shape index (κ2) is 16.6. The monoisotopic (exact) mass is 595 g/mol. The van der Waals surface area contributed by atoms with Crippen LogP contribution in [-0.4, -0.2) is 47.9 Å². The van der Waals surface area contributed by atoms with Gasteiger partial charge in [-0.1, -0.05) is 36.4 Å². The highest BCUT2D eigenvalue weighted by Crippen LogP contribution is 2.33. The van der Waals surface area contributed by atoms with E-state index in [0.29, 0.717) is 25.2 Å². The van der Waals surface area contributed by atoms with Gasteiger partial charge in [0.2, 0.25) is 0 Å². The fourth-order valence-corrected chi connectivity index (χ4v) is 6.34. The van der Waals surface area contributed by atoms with Crippen molar-refractivity contribution < 1.29 is 23.8 Å². The van der Waals surface area contributed by atoms with Gasteiger partial charge in [0.15, 0.2) is 0 Å². The van der Waals surface area contributed by atoms with Gasteiger partial charge in [-0.2, -0.15) is 11.8 Å². The lowest BCUT2D eigenvalue weighted by Crippen LogP contribution is -2.39. The summed E-state index contributed by atoms with van der Waals surface area (Å²) >= 11 is 1.89. The molecule has 0 bridgehead atoms. The number of carbonyl (C=O) groups excluding carboxylic acids is 1. The summed E-state index contributed by atoms with van der Waals surface area (Å²) in [4.78, 5) is 11.7. The third kappa shape index (κ3) is 10.4. The van der Waals surface area contributed by atoms with Crippen LogP contribution in [0.4, 0.5) is 4.39 Å². The quantitative estimate of drug-likeness (QED) is 0.172. The molecule has 1 aliphatic heterocycles. The highest BCUT2D eigenvalue weighted by molar-refractivity contribution is 7.99. The van der Waals surface area contributed by atoms with Crippen molar-refractivity contribution in [2.75, 3.05) is 31.3 Å². The molecule has 1 aliphatic rings. The molecule has 42 heavy (non-hydrogen) atoms. The van der Waals surface area contributed by atoms with Gasteiger partial charge in [-0.15, -0.1) is 0 Å². The van der Waals surface area contributed by atoms with Crippen molar-refractivity contribution in [3.8, 4) is 16.9 Å². The Hall–Kier alpha value is -3.03. The van der Waals surface area contributed by atoms with E-state index >= 15 is 0 Å². The Morgan fingerprint density at radius 2 is 1.83 bits per heavy atom. The summed E-state index contributed by atoms with van der Waals surface area (Å²) in [6.07, 6.45) is 7.80. The molecule has 0 spiro atoms. The summed E-state index contributed by atoms with van der Waals surface area (Å²) in [5.41, 5.74) is 6.54. The van der Waals surface area contributed by atoms with E-state index in [2.05, 4.69) is 55.6 Å². The molecule has 2 N–H and O–H groups in total. The Labute approximate surface area is 255 Å². The molecule has 228 valence electrons. The first kappa shape index (κ1) is 33.5. The maximum atomic E-state index is 14.3. The minimum atomic E-state index is -0.729. The molecule has 2 aromatic rings. The number of aliphatic hydroxyl groups is 1. The van der Waals surface area contributed by atoms with Gasteiger partial charge in [-0.3, -0.25) is 4.79 Å². The van der Waals surface area contributed by atoms with E-state index in [4.69, 9.17) is 9.47 Å². The number of rotatable bonds is 14. The molecule has 0 aliphatic carbocycles. The van der Waals surface area contributed by atoms with Crippen LogP contribution in [0.25, 0.3) is 11.1 Å². The first-order valence-corrected chi connectivity index (χ1v) is 16.0. The number of nitrogens with one attached hydrogen (secondary N) is 1. The highest BCUT2D eigenvalue weighted by Gasteiger charge is 2.30. The summed E-state index contributed by atoms with van der Waals surface area (Å²) in [6.45, 7) is 10.9. The number of ether oxygens (including phenoxy) is 2. The molecule has 0 radical (unpaired) electrons. The van der Waals surface area contributed by atoms with Gasteiger partial charge in [0.05, 0.1) is 6.61 Å². The number of halogens is 1. The fraction of sp³-hybridized carbons (Fsp3) is 0.457. The van der Waals surface area contributed by atoms with E-state index in [9.17, 15) is 14.3 Å². The van der Waals surface area contributed by atoms with Crippen molar-refractivity contribution in [2.24, 2.45) is 0 Å². The summed E-state index contributed by atoms with van der Waals surface area (Å²) < 4.78 is 25.3. The number of allylic oxidation sites excluding steroid dienone is 6. The van der Waals surface area contributed by atoms with Crippen molar-refractivity contribution in [3.63, 3.8) is 0 Å². The summed E-state index contributed by atoms with van der Waals surface area (Å²) in [7, 11) is 0. The molecule has 0 atom stereocenters. The molecular formula is C35H46FNO4S. The Morgan fingerprint density at radius 1 is 1.12 bits per heavy atom. The molecule has 1 saturated heterocycles. The third-order valence-electron chi connectivity index (χ3n) is 7.47. The SMILES string of the molecule is C\C=C(F)/C(=C\C=C(/C)NCCc1cccc(-c2c(C)cc(OCC3(O)CCSCC3)cc2C)c1)CCC(=O)OCC. The molecule has 0 saturated carbocycles. The number of aryl methyl sites for hydroxylation is 2. The highest BCUT2D eigenvalue weighted by atomic mass is 32.2. The van der Waals surface area contributed by atoms with E-state index in [1.807, 2.05) is 24.8 Å². The van der Waals surface area contributed by atoms with Gasteiger partial charge in [0, 0.05) is 18.7 Å². The number of benzene rings is 2. The van der Waals surface area contributed by atoms with Crippen LogP contribution >= 0.6 is 11.8 Å². The average Bonchev–Trinajstić information content (AvgIpc) is 2.96. The Morgan fingerprint density at radius 3 is 2.50 bits per heavy atom. The average molecular weight is 596 g/mol. The van der Waals surface area contributed by atoms with E-state index in [1.165, 1.54) is 22.8 Å². The molecule has 0 aromatic heterocycles. The van der Waals surface area contributed by atoms with Gasteiger partial charge < -0.3 is 19.9 Å². The minimum Gasteiger partial charge on any atom is -0.491 e. The zero-order valence-corrected chi connectivity index (χ0v) is 26.5. The van der Waals surface area contributed by atoms with Crippen LogP contribution in [0, 0.1) is 13.8 Å². The maximum Gasteiger partial charge on any atom is 0.306 e. The van der Waals surface area contributed by atoms with Crippen LogP contribution in [0.15, 0.2) is 71.7 Å². The Bertz CT molecular complexity index is 1270. The summed E-state index contributed by atoms with van der Waals surface area (Å²) in [5.74, 6) is 2.11. The van der Waals surface area contributed by atoms with Crippen molar-refractivity contribution in [1.82, 2.24) is 5.32 Å². The number of carbonyl (C=O) groups is 1. The molecule has 2 aromatic carbocycles. The first-order chi connectivity index (χ1) is 20.1. The predicted molar refractivity (Wildman–Crippen MR) is 173 cm³/mol. The van der Waals surface area contributed by atoms with Gasteiger partial charge in [-0.25, -0.2) is 4.39 Å². The third-order valence-corrected chi connectivity index (χ3v) is 8.45. The first-order valence-electron chi connectivity index (χ1n) is 14.9.